The Morgan fingerprint density at radius 3 is 1.92 bits per heavy atom. The van der Waals surface area contributed by atoms with Gasteiger partial charge in [0.15, 0.2) is 0 Å². The smallest absolute Gasteiger partial charge is 0.0110 e. The van der Waals surface area contributed by atoms with Gasteiger partial charge in [-0.3, -0.25) is 0 Å². The number of likely N-dealkylation sites (N-methyl/N-ethyl adjacent to an activating group) is 1. The quantitative estimate of drug-likeness (QED) is 0.670. The molecule has 140 valence electrons. The summed E-state index contributed by atoms with van der Waals surface area (Å²) in [7, 11) is 0. The van der Waals surface area contributed by atoms with Crippen molar-refractivity contribution in [3.8, 4) is 0 Å². The second-order valence-corrected chi connectivity index (χ2v) is 7.96. The molecule has 3 heteroatoms. The molecule has 0 saturated carbocycles. The van der Waals surface area contributed by atoms with Crippen LogP contribution in [0.2, 0.25) is 0 Å². The fraction of sp³-hybridized carbons (Fsp3) is 0.727. The van der Waals surface area contributed by atoms with Gasteiger partial charge in [-0.15, -0.1) is 0 Å². The molecule has 2 aliphatic heterocycles. The summed E-state index contributed by atoms with van der Waals surface area (Å²) < 4.78 is 0. The molecule has 2 fully saturated rings. The molecule has 2 aliphatic rings. The fourth-order valence-corrected chi connectivity index (χ4v) is 4.36. The lowest BCUT2D eigenvalue weighted by molar-refractivity contribution is 0.132. The highest BCUT2D eigenvalue weighted by Gasteiger charge is 2.19. The molecule has 0 aromatic heterocycles. The Kier molecular flexibility index (Phi) is 7.78. The number of hydrogen-bond acceptors (Lipinski definition) is 3. The molecular weight excluding hydrogens is 306 g/mol. The van der Waals surface area contributed by atoms with E-state index >= 15 is 0 Å². The average Bonchev–Trinajstić information content (AvgIpc) is 2.68. The molecule has 0 unspecified atom stereocenters. The van der Waals surface area contributed by atoms with Gasteiger partial charge in [-0.05, 0) is 76.3 Å². The highest BCUT2D eigenvalue weighted by molar-refractivity contribution is 5.15. The molecule has 0 amide bonds. The lowest BCUT2D eigenvalue weighted by Crippen LogP contribution is -2.46. The Hall–Kier alpha value is -0.900. The second-order valence-electron chi connectivity index (χ2n) is 7.96. The van der Waals surface area contributed by atoms with E-state index in [0.717, 1.165) is 5.92 Å². The zero-order valence-electron chi connectivity index (χ0n) is 16.2. The van der Waals surface area contributed by atoms with Crippen LogP contribution in [0.5, 0.6) is 0 Å². The van der Waals surface area contributed by atoms with Crippen molar-refractivity contribution in [2.75, 3.05) is 58.9 Å². The molecule has 0 atom stereocenters. The van der Waals surface area contributed by atoms with Gasteiger partial charge in [0.05, 0.1) is 0 Å². The highest BCUT2D eigenvalue weighted by atomic mass is 15.3. The van der Waals surface area contributed by atoms with Gasteiger partial charge in [0.25, 0.3) is 0 Å². The summed E-state index contributed by atoms with van der Waals surface area (Å²) in [4.78, 5) is 7.94. The van der Waals surface area contributed by atoms with Crippen molar-refractivity contribution in [3.05, 3.63) is 35.9 Å². The minimum absolute atomic E-state index is 0.897. The van der Waals surface area contributed by atoms with Crippen LogP contribution in [0.15, 0.2) is 30.3 Å². The number of hydrogen-bond donors (Lipinski definition) is 0. The summed E-state index contributed by atoms with van der Waals surface area (Å²) in [6.45, 7) is 13.8. The third kappa shape index (κ3) is 6.40. The number of piperazine rings is 1. The van der Waals surface area contributed by atoms with E-state index in [1.54, 1.807) is 0 Å². The lowest BCUT2D eigenvalue weighted by atomic mass is 9.90. The molecule has 1 aromatic rings. The van der Waals surface area contributed by atoms with E-state index in [9.17, 15) is 0 Å². The monoisotopic (exact) mass is 343 g/mol. The summed E-state index contributed by atoms with van der Waals surface area (Å²) in [6.07, 6.45) is 6.79. The van der Waals surface area contributed by atoms with Gasteiger partial charge in [-0.25, -0.2) is 0 Å². The van der Waals surface area contributed by atoms with Crippen molar-refractivity contribution in [1.82, 2.24) is 14.7 Å². The summed E-state index contributed by atoms with van der Waals surface area (Å²) in [5.74, 6) is 0.897. The maximum absolute atomic E-state index is 2.70. The van der Waals surface area contributed by atoms with Crippen molar-refractivity contribution in [3.63, 3.8) is 0 Å². The van der Waals surface area contributed by atoms with Crippen LogP contribution in [0.1, 0.15) is 38.2 Å². The van der Waals surface area contributed by atoms with E-state index in [1.165, 1.54) is 96.6 Å². The SMILES string of the molecule is CCN1CCN(CCCCN2CCC(Cc3ccccc3)CC2)CC1. The third-order valence-corrected chi connectivity index (χ3v) is 6.19. The Labute approximate surface area is 155 Å². The van der Waals surface area contributed by atoms with Crippen molar-refractivity contribution < 1.29 is 0 Å². The molecule has 3 rings (SSSR count). The highest BCUT2D eigenvalue weighted by Crippen LogP contribution is 2.21. The van der Waals surface area contributed by atoms with E-state index in [-0.39, 0.29) is 0 Å². The number of benzene rings is 1. The molecule has 25 heavy (non-hydrogen) atoms. The summed E-state index contributed by atoms with van der Waals surface area (Å²) in [6, 6.07) is 11.0. The van der Waals surface area contributed by atoms with Crippen LogP contribution in [-0.2, 0) is 6.42 Å². The van der Waals surface area contributed by atoms with Crippen molar-refractivity contribution in [1.29, 1.82) is 0 Å². The second kappa shape index (κ2) is 10.3. The number of nitrogens with zero attached hydrogens (tertiary/aromatic N) is 3. The predicted molar refractivity (Wildman–Crippen MR) is 107 cm³/mol. The van der Waals surface area contributed by atoms with Gasteiger partial charge >= 0.3 is 0 Å². The van der Waals surface area contributed by atoms with Gasteiger partial charge in [0.2, 0.25) is 0 Å². The maximum Gasteiger partial charge on any atom is 0.0110 e. The maximum atomic E-state index is 2.70. The summed E-state index contributed by atoms with van der Waals surface area (Å²) in [5, 5.41) is 0. The van der Waals surface area contributed by atoms with E-state index in [4.69, 9.17) is 0 Å². The topological polar surface area (TPSA) is 9.72 Å². The Morgan fingerprint density at radius 1 is 0.760 bits per heavy atom. The Balaban J connectivity index is 1.24. The molecule has 2 heterocycles. The molecule has 0 aliphatic carbocycles. The van der Waals surface area contributed by atoms with Crippen molar-refractivity contribution in [2.45, 2.75) is 39.0 Å². The first-order valence-corrected chi connectivity index (χ1v) is 10.5. The number of unbranched alkanes of at least 4 members (excludes halogenated alkanes) is 1. The molecule has 2 saturated heterocycles. The zero-order chi connectivity index (χ0) is 17.3. The fourth-order valence-electron chi connectivity index (χ4n) is 4.36. The van der Waals surface area contributed by atoms with E-state index in [1.807, 2.05) is 0 Å². The molecule has 0 spiro atoms. The molecule has 3 nitrogen and oxygen atoms in total. The first kappa shape index (κ1) is 18.9. The van der Waals surface area contributed by atoms with Crippen LogP contribution in [0, 0.1) is 5.92 Å². The van der Waals surface area contributed by atoms with Gasteiger partial charge < -0.3 is 14.7 Å². The number of piperidine rings is 1. The standard InChI is InChI=1S/C22H37N3/c1-2-23-16-18-25(19-17-23)13-7-6-12-24-14-10-22(11-15-24)20-21-8-4-3-5-9-21/h3-5,8-9,22H,2,6-7,10-20H2,1H3. The van der Waals surface area contributed by atoms with Crippen LogP contribution < -0.4 is 0 Å². The normalized spacial score (nSPS) is 21.6. The zero-order valence-corrected chi connectivity index (χ0v) is 16.2. The molecule has 1 aromatic carbocycles. The van der Waals surface area contributed by atoms with E-state index in [0.29, 0.717) is 0 Å². The van der Waals surface area contributed by atoms with Crippen LogP contribution >= 0.6 is 0 Å². The Bertz CT molecular complexity index is 459. The van der Waals surface area contributed by atoms with Crippen LogP contribution in [0.25, 0.3) is 0 Å². The van der Waals surface area contributed by atoms with Gasteiger partial charge in [-0.1, -0.05) is 37.3 Å². The van der Waals surface area contributed by atoms with Crippen molar-refractivity contribution in [2.24, 2.45) is 5.92 Å². The summed E-state index contributed by atoms with van der Waals surface area (Å²) in [5.41, 5.74) is 1.52. The van der Waals surface area contributed by atoms with Gasteiger partial charge in [0, 0.05) is 26.2 Å². The van der Waals surface area contributed by atoms with Crippen LogP contribution in [0.3, 0.4) is 0 Å². The molecule has 0 radical (unpaired) electrons. The lowest BCUT2D eigenvalue weighted by Gasteiger charge is -2.34. The predicted octanol–water partition coefficient (Wildman–Crippen LogP) is 3.36. The minimum Gasteiger partial charge on any atom is -0.303 e. The average molecular weight is 344 g/mol. The first-order valence-electron chi connectivity index (χ1n) is 10.5. The molecular formula is C22H37N3. The number of rotatable bonds is 8. The van der Waals surface area contributed by atoms with E-state index in [2.05, 4.69) is 52.0 Å². The first-order chi connectivity index (χ1) is 12.3. The van der Waals surface area contributed by atoms with Crippen LogP contribution in [0.4, 0.5) is 0 Å². The van der Waals surface area contributed by atoms with Crippen LogP contribution in [-0.4, -0.2) is 73.6 Å². The van der Waals surface area contributed by atoms with Crippen molar-refractivity contribution >= 4 is 0 Å². The van der Waals surface area contributed by atoms with Gasteiger partial charge in [0.1, 0.15) is 0 Å². The minimum atomic E-state index is 0.897. The summed E-state index contributed by atoms with van der Waals surface area (Å²) >= 11 is 0. The third-order valence-electron chi connectivity index (χ3n) is 6.19. The largest absolute Gasteiger partial charge is 0.303 e. The van der Waals surface area contributed by atoms with E-state index < -0.39 is 0 Å². The molecule has 0 bridgehead atoms. The molecule has 0 N–H and O–H groups in total. The Morgan fingerprint density at radius 2 is 1.32 bits per heavy atom. The number of likely N-dealkylation sites (tertiary alicyclic amines) is 1. The van der Waals surface area contributed by atoms with Gasteiger partial charge in [-0.2, -0.15) is 0 Å².